The van der Waals surface area contributed by atoms with Crippen molar-refractivity contribution in [3.63, 3.8) is 0 Å². The van der Waals surface area contributed by atoms with Gasteiger partial charge in [-0.1, -0.05) is 6.92 Å². The Bertz CT molecular complexity index is 392. The highest BCUT2D eigenvalue weighted by Gasteiger charge is 2.16. The van der Waals surface area contributed by atoms with E-state index in [2.05, 4.69) is 15.9 Å². The number of phenols is 1. The first-order valence-electron chi connectivity index (χ1n) is 4.31. The molecule has 0 radical (unpaired) electrons. The van der Waals surface area contributed by atoms with Crippen molar-refractivity contribution in [2.45, 2.75) is 13.3 Å². The van der Waals surface area contributed by atoms with E-state index >= 15 is 0 Å². The molecule has 0 aliphatic rings. The Kier molecular flexibility index (Phi) is 3.68. The molecule has 0 amide bonds. The van der Waals surface area contributed by atoms with E-state index in [1.54, 1.807) is 0 Å². The molecule has 0 aromatic heterocycles. The van der Waals surface area contributed by atoms with Crippen LogP contribution in [-0.2, 0) is 11.2 Å². The van der Waals surface area contributed by atoms with Crippen LogP contribution >= 0.6 is 15.9 Å². The largest absolute Gasteiger partial charge is 0.506 e. The van der Waals surface area contributed by atoms with Crippen LogP contribution in [0, 0.1) is 11.7 Å². The van der Waals surface area contributed by atoms with Crippen LogP contribution in [0.25, 0.3) is 0 Å². The minimum atomic E-state index is -0.977. The number of halogens is 2. The van der Waals surface area contributed by atoms with E-state index in [9.17, 15) is 14.3 Å². The first-order chi connectivity index (χ1) is 6.91. The molecule has 0 bridgehead atoms. The van der Waals surface area contributed by atoms with E-state index < -0.39 is 17.7 Å². The van der Waals surface area contributed by atoms with Gasteiger partial charge < -0.3 is 10.2 Å². The number of carboxylic acid groups (broad SMARTS) is 1. The Labute approximate surface area is 94.7 Å². The Hall–Kier alpha value is -1.10. The van der Waals surface area contributed by atoms with Gasteiger partial charge in [0, 0.05) is 0 Å². The zero-order chi connectivity index (χ0) is 11.6. The second kappa shape index (κ2) is 4.61. The monoisotopic (exact) mass is 276 g/mol. The van der Waals surface area contributed by atoms with Gasteiger partial charge in [-0.2, -0.15) is 0 Å². The second-order valence-electron chi connectivity index (χ2n) is 3.34. The fraction of sp³-hybridized carbons (Fsp3) is 0.300. The zero-order valence-corrected chi connectivity index (χ0v) is 9.58. The number of carbonyl (C=O) groups is 1. The summed E-state index contributed by atoms with van der Waals surface area (Å²) < 4.78 is 13.2. The summed E-state index contributed by atoms with van der Waals surface area (Å²) in [5, 5.41) is 18.2. The van der Waals surface area contributed by atoms with Crippen molar-refractivity contribution < 1.29 is 19.4 Å². The maximum absolute atomic E-state index is 13.0. The van der Waals surface area contributed by atoms with Crippen LogP contribution in [0.4, 0.5) is 4.39 Å². The fourth-order valence-corrected chi connectivity index (χ4v) is 1.67. The van der Waals surface area contributed by atoms with E-state index in [1.165, 1.54) is 6.92 Å². The zero-order valence-electron chi connectivity index (χ0n) is 8.00. The van der Waals surface area contributed by atoms with Crippen LogP contribution < -0.4 is 0 Å². The number of aliphatic carboxylic acids is 1. The molecule has 2 N–H and O–H groups in total. The highest BCUT2D eigenvalue weighted by atomic mass is 79.9. The Morgan fingerprint density at radius 1 is 1.60 bits per heavy atom. The molecule has 1 aromatic rings. The van der Waals surface area contributed by atoms with Crippen molar-refractivity contribution in [2.24, 2.45) is 5.92 Å². The van der Waals surface area contributed by atoms with E-state index in [0.29, 0.717) is 0 Å². The Morgan fingerprint density at radius 2 is 2.20 bits per heavy atom. The van der Waals surface area contributed by atoms with Gasteiger partial charge in [0.05, 0.1) is 10.4 Å². The molecular weight excluding hydrogens is 267 g/mol. The minimum Gasteiger partial charge on any atom is -0.506 e. The average Bonchev–Trinajstić information content (AvgIpc) is 2.13. The van der Waals surface area contributed by atoms with Crippen LogP contribution in [0.1, 0.15) is 12.5 Å². The molecule has 0 aliphatic heterocycles. The van der Waals surface area contributed by atoms with Crippen molar-refractivity contribution >= 4 is 21.9 Å². The van der Waals surface area contributed by atoms with E-state index in [-0.39, 0.29) is 22.2 Å². The summed E-state index contributed by atoms with van der Waals surface area (Å²) in [6, 6.07) is 2.27. The number of aromatic hydroxyl groups is 1. The topological polar surface area (TPSA) is 57.5 Å². The van der Waals surface area contributed by atoms with Crippen molar-refractivity contribution in [1.82, 2.24) is 0 Å². The van der Waals surface area contributed by atoms with Crippen LogP contribution in [0.3, 0.4) is 0 Å². The van der Waals surface area contributed by atoms with Crippen molar-refractivity contribution in [3.05, 3.63) is 28.0 Å². The normalized spacial score (nSPS) is 12.5. The molecule has 5 heteroatoms. The maximum atomic E-state index is 13.0. The lowest BCUT2D eigenvalue weighted by molar-refractivity contribution is -0.141. The van der Waals surface area contributed by atoms with Gasteiger partial charge in [0.2, 0.25) is 0 Å². The predicted molar refractivity (Wildman–Crippen MR) is 56.3 cm³/mol. The number of rotatable bonds is 3. The minimum absolute atomic E-state index is 0.0948. The van der Waals surface area contributed by atoms with Crippen LogP contribution in [0.2, 0.25) is 0 Å². The summed E-state index contributed by atoms with van der Waals surface area (Å²) in [5.74, 6) is -2.25. The molecular formula is C10H10BrFO3. The highest BCUT2D eigenvalue weighted by Crippen LogP contribution is 2.30. The summed E-state index contributed by atoms with van der Waals surface area (Å²) in [5.41, 5.74) is 0.289. The van der Waals surface area contributed by atoms with Gasteiger partial charge >= 0.3 is 5.97 Å². The lowest BCUT2D eigenvalue weighted by Gasteiger charge is -2.09. The number of benzene rings is 1. The van der Waals surface area contributed by atoms with Gasteiger partial charge in [-0.25, -0.2) is 4.39 Å². The van der Waals surface area contributed by atoms with Gasteiger partial charge in [-0.15, -0.1) is 0 Å². The molecule has 3 nitrogen and oxygen atoms in total. The number of carboxylic acids is 1. The van der Waals surface area contributed by atoms with E-state index in [0.717, 1.165) is 12.1 Å². The summed E-state index contributed by atoms with van der Waals surface area (Å²) in [6.45, 7) is 1.50. The smallest absolute Gasteiger partial charge is 0.306 e. The summed E-state index contributed by atoms with van der Waals surface area (Å²) in [6.07, 6.45) is 0.0948. The second-order valence-corrected chi connectivity index (χ2v) is 4.19. The Balaban J connectivity index is 2.99. The molecule has 82 valence electrons. The van der Waals surface area contributed by atoms with Crippen LogP contribution in [0.5, 0.6) is 5.75 Å². The third-order valence-electron chi connectivity index (χ3n) is 2.05. The third-order valence-corrected chi connectivity index (χ3v) is 2.66. The van der Waals surface area contributed by atoms with Crippen molar-refractivity contribution in [1.29, 1.82) is 0 Å². The third kappa shape index (κ3) is 2.92. The van der Waals surface area contributed by atoms with E-state index in [4.69, 9.17) is 5.11 Å². The molecule has 0 fully saturated rings. The van der Waals surface area contributed by atoms with Gasteiger partial charge in [-0.3, -0.25) is 4.79 Å². The van der Waals surface area contributed by atoms with Crippen LogP contribution in [0.15, 0.2) is 16.6 Å². The highest BCUT2D eigenvalue weighted by molar-refractivity contribution is 9.10. The molecule has 0 saturated heterocycles. The van der Waals surface area contributed by atoms with Gasteiger partial charge in [-0.05, 0) is 40.0 Å². The fourth-order valence-electron chi connectivity index (χ4n) is 1.19. The summed E-state index contributed by atoms with van der Waals surface area (Å²) in [7, 11) is 0. The van der Waals surface area contributed by atoms with Gasteiger partial charge in [0.1, 0.15) is 11.6 Å². The van der Waals surface area contributed by atoms with E-state index in [1.807, 2.05) is 0 Å². The molecule has 1 rings (SSSR count). The quantitative estimate of drug-likeness (QED) is 0.892. The predicted octanol–water partition coefficient (Wildman–Crippen LogP) is 2.56. The number of hydrogen-bond donors (Lipinski definition) is 2. The molecule has 15 heavy (non-hydrogen) atoms. The number of hydrogen-bond acceptors (Lipinski definition) is 2. The number of phenolic OH excluding ortho intramolecular Hbond substituents is 1. The maximum Gasteiger partial charge on any atom is 0.306 e. The Morgan fingerprint density at radius 3 is 2.73 bits per heavy atom. The van der Waals surface area contributed by atoms with Gasteiger partial charge in [0.15, 0.2) is 0 Å². The van der Waals surface area contributed by atoms with Gasteiger partial charge in [0.25, 0.3) is 0 Å². The molecule has 1 unspecified atom stereocenters. The molecule has 0 spiro atoms. The molecule has 0 saturated carbocycles. The molecule has 1 aromatic carbocycles. The average molecular weight is 277 g/mol. The summed E-state index contributed by atoms with van der Waals surface area (Å²) in [4.78, 5) is 10.6. The molecule has 1 atom stereocenters. The first-order valence-corrected chi connectivity index (χ1v) is 5.10. The summed E-state index contributed by atoms with van der Waals surface area (Å²) >= 11 is 2.99. The SMILES string of the molecule is CC(Cc1cc(F)cc(Br)c1O)C(=O)O. The van der Waals surface area contributed by atoms with Crippen molar-refractivity contribution in [3.8, 4) is 5.75 Å². The first kappa shape index (κ1) is 12.0. The molecule has 0 heterocycles. The molecule has 0 aliphatic carbocycles. The van der Waals surface area contributed by atoms with Crippen LogP contribution in [-0.4, -0.2) is 16.2 Å². The van der Waals surface area contributed by atoms with Crippen molar-refractivity contribution in [2.75, 3.05) is 0 Å². The standard InChI is InChI=1S/C10H10BrFO3/c1-5(10(14)15)2-6-3-7(12)4-8(11)9(6)13/h3-5,13H,2H2,1H3,(H,14,15). The lowest BCUT2D eigenvalue weighted by atomic mass is 10.0. The lowest BCUT2D eigenvalue weighted by Crippen LogP contribution is -2.12.